The zero-order valence-corrected chi connectivity index (χ0v) is 19.4. The number of fused-ring (bicyclic) bond motifs is 1. The number of pyridine rings is 2. The molecule has 2 N–H and O–H groups in total. The largest absolute Gasteiger partial charge is 0.370 e. The highest BCUT2D eigenvalue weighted by atomic mass is 35.5. The number of halogens is 2. The van der Waals surface area contributed by atoms with E-state index < -0.39 is 0 Å². The average Bonchev–Trinajstić information content (AvgIpc) is 3.11. The predicted molar refractivity (Wildman–Crippen MR) is 134 cm³/mol. The minimum Gasteiger partial charge on any atom is -0.370 e. The van der Waals surface area contributed by atoms with Gasteiger partial charge >= 0.3 is 0 Å². The molecule has 0 atom stereocenters. The number of rotatable bonds is 4. The number of hydrogen-bond donors (Lipinski definition) is 2. The maximum Gasteiger partial charge on any atom is 0.132 e. The van der Waals surface area contributed by atoms with Crippen LogP contribution in [0.3, 0.4) is 0 Å². The van der Waals surface area contributed by atoms with Crippen LogP contribution in [0.1, 0.15) is 36.9 Å². The van der Waals surface area contributed by atoms with Gasteiger partial charge in [0.15, 0.2) is 0 Å². The van der Waals surface area contributed by atoms with Crippen molar-refractivity contribution in [3.63, 3.8) is 0 Å². The van der Waals surface area contributed by atoms with E-state index in [4.69, 9.17) is 16.6 Å². The van der Waals surface area contributed by atoms with Crippen LogP contribution in [0.15, 0.2) is 54.9 Å². The molecule has 2 aromatic heterocycles. The Morgan fingerprint density at radius 1 is 1.12 bits per heavy atom. The molecule has 7 heteroatoms. The number of aromatic nitrogens is 2. The zero-order chi connectivity index (χ0) is 22.8. The van der Waals surface area contributed by atoms with E-state index in [1.165, 1.54) is 6.07 Å². The van der Waals surface area contributed by atoms with E-state index in [0.717, 1.165) is 66.8 Å². The van der Waals surface area contributed by atoms with Crippen LogP contribution in [-0.2, 0) is 0 Å². The molecule has 1 aromatic carbocycles. The Balaban J connectivity index is 1.55. The number of nitrogens with zero attached hydrogens (tertiary/aromatic N) is 3. The highest BCUT2D eigenvalue weighted by molar-refractivity contribution is 6.30. The maximum atomic E-state index is 14.7. The first kappa shape index (κ1) is 21.9. The molecule has 2 aliphatic rings. The highest BCUT2D eigenvalue weighted by Gasteiger charge is 2.20. The summed E-state index contributed by atoms with van der Waals surface area (Å²) in [4.78, 5) is 12.0. The van der Waals surface area contributed by atoms with Gasteiger partial charge in [-0.2, -0.15) is 0 Å². The molecule has 4 heterocycles. The molecule has 0 bridgehead atoms. The summed E-state index contributed by atoms with van der Waals surface area (Å²) in [7, 11) is 2.03. The van der Waals surface area contributed by atoms with E-state index in [-0.39, 0.29) is 5.82 Å². The summed E-state index contributed by atoms with van der Waals surface area (Å²) in [5, 5.41) is 7.14. The summed E-state index contributed by atoms with van der Waals surface area (Å²) in [6.45, 7) is 1.99. The summed E-state index contributed by atoms with van der Waals surface area (Å²) in [6, 6.07) is 11.3. The molecule has 5 nitrogen and oxygen atoms in total. The predicted octanol–water partition coefficient (Wildman–Crippen LogP) is 5.38. The molecule has 2 aliphatic heterocycles. The molecule has 0 aliphatic carbocycles. The SMILES string of the molecule is CNC1CCN(c2cnc3ccc(C4=C(c5cc(Cl)ccc5F)NC=CCC4)nc3c2)CC1. The molecule has 0 amide bonds. The first-order valence-electron chi connectivity index (χ1n) is 11.4. The van der Waals surface area contributed by atoms with Gasteiger partial charge in [-0.15, -0.1) is 0 Å². The monoisotopic (exact) mass is 463 g/mol. The standard InChI is InChI=1S/C26H27ClFN5/c1-29-18-9-12-33(13-10-18)19-15-25-24(31-16-19)8-7-23(32-25)20-4-2-3-11-30-26(20)21-14-17(27)5-6-22(21)28/h3,5-8,11,14-16,18,29-30H,2,4,9-10,12-13H2,1H3. The van der Waals surface area contributed by atoms with Crippen LogP contribution in [0.2, 0.25) is 5.02 Å². The second-order valence-electron chi connectivity index (χ2n) is 8.54. The number of allylic oxidation sites excluding steroid dienone is 2. The van der Waals surface area contributed by atoms with Gasteiger partial charge in [0.1, 0.15) is 5.82 Å². The average molecular weight is 464 g/mol. The van der Waals surface area contributed by atoms with E-state index in [1.54, 1.807) is 12.1 Å². The first-order chi connectivity index (χ1) is 16.1. The lowest BCUT2D eigenvalue weighted by Gasteiger charge is -2.33. The van der Waals surface area contributed by atoms with E-state index in [0.29, 0.717) is 22.3 Å². The zero-order valence-electron chi connectivity index (χ0n) is 18.6. The van der Waals surface area contributed by atoms with Gasteiger partial charge in [0, 0.05) is 35.3 Å². The van der Waals surface area contributed by atoms with Gasteiger partial charge in [-0.1, -0.05) is 17.7 Å². The van der Waals surface area contributed by atoms with Crippen molar-refractivity contribution in [3.8, 4) is 0 Å². The Labute approximate surface area is 198 Å². The molecule has 3 aromatic rings. The lowest BCUT2D eigenvalue weighted by atomic mass is 9.99. The fourth-order valence-corrected chi connectivity index (χ4v) is 4.79. The molecule has 1 saturated heterocycles. The van der Waals surface area contributed by atoms with Crippen molar-refractivity contribution < 1.29 is 4.39 Å². The third-order valence-electron chi connectivity index (χ3n) is 6.51. The number of benzene rings is 1. The van der Waals surface area contributed by atoms with E-state index in [2.05, 4.69) is 26.6 Å². The molecule has 0 radical (unpaired) electrons. The minimum atomic E-state index is -0.315. The van der Waals surface area contributed by atoms with Gasteiger partial charge in [0.2, 0.25) is 0 Å². The van der Waals surface area contributed by atoms with Crippen LogP contribution < -0.4 is 15.5 Å². The molecule has 5 rings (SSSR count). The van der Waals surface area contributed by atoms with Crippen LogP contribution in [0.25, 0.3) is 22.3 Å². The van der Waals surface area contributed by atoms with Gasteiger partial charge in [0.25, 0.3) is 0 Å². The third-order valence-corrected chi connectivity index (χ3v) is 6.74. The van der Waals surface area contributed by atoms with E-state index in [9.17, 15) is 4.39 Å². The van der Waals surface area contributed by atoms with Crippen LogP contribution in [0.4, 0.5) is 10.1 Å². The Kier molecular flexibility index (Phi) is 6.29. The minimum absolute atomic E-state index is 0.315. The lowest BCUT2D eigenvalue weighted by Crippen LogP contribution is -2.41. The summed E-state index contributed by atoms with van der Waals surface area (Å²) < 4.78 is 14.7. The van der Waals surface area contributed by atoms with Crippen molar-refractivity contribution in [3.05, 3.63) is 77.0 Å². The van der Waals surface area contributed by atoms with Crippen molar-refractivity contribution in [1.82, 2.24) is 20.6 Å². The van der Waals surface area contributed by atoms with Gasteiger partial charge in [-0.05, 0) is 75.3 Å². The summed E-state index contributed by atoms with van der Waals surface area (Å²) in [5.74, 6) is -0.315. The fraction of sp³-hybridized carbons (Fsp3) is 0.308. The summed E-state index contributed by atoms with van der Waals surface area (Å²) >= 11 is 6.19. The lowest BCUT2D eigenvalue weighted by molar-refractivity contribution is 0.442. The van der Waals surface area contributed by atoms with Gasteiger partial charge in [0.05, 0.1) is 34.3 Å². The summed E-state index contributed by atoms with van der Waals surface area (Å²) in [6.07, 6.45) is 9.65. The molecule has 1 fully saturated rings. The molecule has 33 heavy (non-hydrogen) atoms. The highest BCUT2D eigenvalue weighted by Crippen LogP contribution is 2.33. The number of nitrogens with one attached hydrogen (secondary N) is 2. The first-order valence-corrected chi connectivity index (χ1v) is 11.8. The Morgan fingerprint density at radius 3 is 2.79 bits per heavy atom. The molecular weight excluding hydrogens is 437 g/mol. The van der Waals surface area contributed by atoms with Crippen molar-refractivity contribution >= 4 is 39.6 Å². The van der Waals surface area contributed by atoms with Gasteiger partial charge in [-0.25, -0.2) is 9.37 Å². The second kappa shape index (κ2) is 9.49. The van der Waals surface area contributed by atoms with Crippen LogP contribution in [0.5, 0.6) is 0 Å². The summed E-state index contributed by atoms with van der Waals surface area (Å²) in [5.41, 5.74) is 5.72. The van der Waals surface area contributed by atoms with Gasteiger partial charge in [-0.3, -0.25) is 4.98 Å². The number of piperidine rings is 1. The molecule has 0 saturated carbocycles. The van der Waals surface area contributed by atoms with E-state index in [1.807, 2.05) is 37.7 Å². The second-order valence-corrected chi connectivity index (χ2v) is 8.98. The van der Waals surface area contributed by atoms with E-state index >= 15 is 0 Å². The normalized spacial score (nSPS) is 17.4. The Hall–Kier alpha value is -2.96. The molecule has 0 spiro atoms. The maximum absolute atomic E-state index is 14.7. The Morgan fingerprint density at radius 2 is 1.97 bits per heavy atom. The Bertz CT molecular complexity index is 1230. The van der Waals surface area contributed by atoms with Crippen LogP contribution >= 0.6 is 11.6 Å². The fourth-order valence-electron chi connectivity index (χ4n) is 4.61. The smallest absolute Gasteiger partial charge is 0.132 e. The van der Waals surface area contributed by atoms with Crippen molar-refractivity contribution in [2.45, 2.75) is 31.7 Å². The van der Waals surface area contributed by atoms with Crippen LogP contribution in [0, 0.1) is 5.82 Å². The van der Waals surface area contributed by atoms with Crippen molar-refractivity contribution in [1.29, 1.82) is 0 Å². The molecule has 170 valence electrons. The molecular formula is C26H27ClFN5. The third kappa shape index (κ3) is 4.59. The van der Waals surface area contributed by atoms with Gasteiger partial charge < -0.3 is 15.5 Å². The quantitative estimate of drug-likeness (QED) is 0.544. The van der Waals surface area contributed by atoms with Crippen molar-refractivity contribution in [2.75, 3.05) is 25.0 Å². The van der Waals surface area contributed by atoms with Crippen molar-refractivity contribution in [2.24, 2.45) is 0 Å². The topological polar surface area (TPSA) is 53.1 Å². The number of anilines is 1. The molecule has 0 unspecified atom stereocenters. The van der Waals surface area contributed by atoms with Crippen LogP contribution in [-0.4, -0.2) is 36.1 Å². The number of hydrogen-bond acceptors (Lipinski definition) is 5.